The molecule has 0 saturated heterocycles. The van der Waals surface area contributed by atoms with Gasteiger partial charge in [-0.3, -0.25) is 4.79 Å². The minimum Gasteiger partial charge on any atom is -0.497 e. The molecule has 2 amide bonds. The van der Waals surface area contributed by atoms with Crippen LogP contribution in [0.4, 0.5) is 10.5 Å². The summed E-state index contributed by atoms with van der Waals surface area (Å²) in [5.41, 5.74) is 0.543. The van der Waals surface area contributed by atoms with Crippen molar-refractivity contribution in [1.82, 2.24) is 4.90 Å². The van der Waals surface area contributed by atoms with Crippen molar-refractivity contribution >= 4 is 17.7 Å². The van der Waals surface area contributed by atoms with Crippen molar-refractivity contribution < 1.29 is 24.2 Å². The number of hydrogen-bond donors (Lipinski definition) is 2. The number of ether oxygens (including phenoxy) is 2. The van der Waals surface area contributed by atoms with E-state index in [9.17, 15) is 9.59 Å². The predicted octanol–water partition coefficient (Wildman–Crippen LogP) is 2.03. The number of nitrogens with one attached hydrogen (secondary N) is 1. The monoisotopic (exact) mass is 296 g/mol. The van der Waals surface area contributed by atoms with E-state index in [4.69, 9.17) is 14.6 Å². The molecule has 0 saturated carbocycles. The Balaban J connectivity index is 2.62. The number of rotatable bonds is 7. The number of methoxy groups -OCH3 is 2. The molecule has 1 aromatic rings. The van der Waals surface area contributed by atoms with Crippen LogP contribution in [0.15, 0.2) is 18.2 Å². The summed E-state index contributed by atoms with van der Waals surface area (Å²) in [6, 6.07) is 4.72. The van der Waals surface area contributed by atoms with Gasteiger partial charge in [0.25, 0.3) is 0 Å². The Kier molecular flexibility index (Phi) is 6.32. The number of carboxylic acid groups (broad SMARTS) is 1. The molecular weight excluding hydrogens is 276 g/mol. The van der Waals surface area contributed by atoms with Gasteiger partial charge in [0.1, 0.15) is 11.5 Å². The number of anilines is 1. The molecule has 7 heteroatoms. The number of carbonyl (C=O) groups excluding carboxylic acids is 1. The summed E-state index contributed by atoms with van der Waals surface area (Å²) in [5, 5.41) is 11.3. The highest BCUT2D eigenvalue weighted by atomic mass is 16.5. The zero-order chi connectivity index (χ0) is 15.8. The van der Waals surface area contributed by atoms with E-state index >= 15 is 0 Å². The van der Waals surface area contributed by atoms with Gasteiger partial charge in [-0.2, -0.15) is 0 Å². The van der Waals surface area contributed by atoms with Crippen LogP contribution >= 0.6 is 0 Å². The third-order valence-electron chi connectivity index (χ3n) is 2.83. The van der Waals surface area contributed by atoms with Crippen molar-refractivity contribution in [3.63, 3.8) is 0 Å². The second-order valence-corrected chi connectivity index (χ2v) is 4.45. The molecule has 1 aromatic carbocycles. The molecule has 0 fully saturated rings. The molecule has 0 unspecified atom stereocenters. The Hall–Kier alpha value is -2.44. The molecule has 21 heavy (non-hydrogen) atoms. The van der Waals surface area contributed by atoms with Crippen LogP contribution in [0.25, 0.3) is 0 Å². The van der Waals surface area contributed by atoms with Crippen LogP contribution in [0.3, 0.4) is 0 Å². The largest absolute Gasteiger partial charge is 0.497 e. The summed E-state index contributed by atoms with van der Waals surface area (Å²) in [5.74, 6) is 0.262. The maximum absolute atomic E-state index is 12.0. The van der Waals surface area contributed by atoms with Crippen molar-refractivity contribution in [2.45, 2.75) is 12.8 Å². The molecule has 0 aliphatic carbocycles. The molecule has 116 valence electrons. The maximum Gasteiger partial charge on any atom is 0.321 e. The molecule has 1 rings (SSSR count). The maximum atomic E-state index is 12.0. The third-order valence-corrected chi connectivity index (χ3v) is 2.83. The van der Waals surface area contributed by atoms with E-state index in [1.165, 1.54) is 19.1 Å². The van der Waals surface area contributed by atoms with E-state index in [-0.39, 0.29) is 12.5 Å². The van der Waals surface area contributed by atoms with Gasteiger partial charge in [0.2, 0.25) is 0 Å². The van der Waals surface area contributed by atoms with Gasteiger partial charge in [-0.25, -0.2) is 4.79 Å². The van der Waals surface area contributed by atoms with Gasteiger partial charge >= 0.3 is 12.0 Å². The number of carboxylic acids is 1. The number of carbonyl (C=O) groups is 2. The van der Waals surface area contributed by atoms with Gasteiger partial charge in [-0.05, 0) is 6.42 Å². The lowest BCUT2D eigenvalue weighted by atomic mass is 10.2. The molecule has 0 aliphatic rings. The normalized spacial score (nSPS) is 9.86. The zero-order valence-corrected chi connectivity index (χ0v) is 12.4. The highest BCUT2D eigenvalue weighted by Crippen LogP contribution is 2.25. The van der Waals surface area contributed by atoms with E-state index in [2.05, 4.69) is 5.32 Å². The zero-order valence-electron chi connectivity index (χ0n) is 12.4. The van der Waals surface area contributed by atoms with Gasteiger partial charge in [0.15, 0.2) is 0 Å². The molecule has 0 heterocycles. The van der Waals surface area contributed by atoms with E-state index in [0.717, 1.165) is 0 Å². The number of aliphatic carboxylic acids is 1. The third kappa shape index (κ3) is 5.60. The Morgan fingerprint density at radius 2 is 1.76 bits per heavy atom. The lowest BCUT2D eigenvalue weighted by molar-refractivity contribution is -0.137. The van der Waals surface area contributed by atoms with Crippen LogP contribution in [0.1, 0.15) is 12.8 Å². The molecule has 7 nitrogen and oxygen atoms in total. The average Bonchev–Trinajstić information content (AvgIpc) is 2.46. The molecular formula is C14H20N2O5. The van der Waals surface area contributed by atoms with Crippen molar-refractivity contribution in [3.8, 4) is 11.5 Å². The minimum absolute atomic E-state index is 0.0323. The minimum atomic E-state index is -0.874. The van der Waals surface area contributed by atoms with Crippen LogP contribution in [0.2, 0.25) is 0 Å². The Morgan fingerprint density at radius 3 is 2.24 bits per heavy atom. The van der Waals surface area contributed by atoms with Crippen LogP contribution in [-0.2, 0) is 4.79 Å². The lowest BCUT2D eigenvalue weighted by Gasteiger charge is -2.18. The van der Waals surface area contributed by atoms with E-state index in [0.29, 0.717) is 30.2 Å². The Bertz CT molecular complexity index is 482. The summed E-state index contributed by atoms with van der Waals surface area (Å²) in [4.78, 5) is 23.8. The highest BCUT2D eigenvalue weighted by molar-refractivity contribution is 5.89. The number of hydrogen-bond acceptors (Lipinski definition) is 4. The number of nitrogens with zero attached hydrogens (tertiary/aromatic N) is 1. The molecule has 0 aliphatic heterocycles. The lowest BCUT2D eigenvalue weighted by Crippen LogP contribution is -2.32. The highest BCUT2D eigenvalue weighted by Gasteiger charge is 2.11. The van der Waals surface area contributed by atoms with Gasteiger partial charge in [-0.1, -0.05) is 0 Å². The van der Waals surface area contributed by atoms with Gasteiger partial charge in [-0.15, -0.1) is 0 Å². The van der Waals surface area contributed by atoms with Gasteiger partial charge in [0, 0.05) is 43.9 Å². The van der Waals surface area contributed by atoms with Crippen molar-refractivity contribution in [3.05, 3.63) is 18.2 Å². The fourth-order valence-corrected chi connectivity index (χ4v) is 1.67. The molecule has 2 N–H and O–H groups in total. The average molecular weight is 296 g/mol. The van der Waals surface area contributed by atoms with E-state index in [1.807, 2.05) is 0 Å². The topological polar surface area (TPSA) is 88.1 Å². The van der Waals surface area contributed by atoms with Crippen LogP contribution < -0.4 is 14.8 Å². The Labute approximate surface area is 123 Å². The van der Waals surface area contributed by atoms with Crippen LogP contribution in [0, 0.1) is 0 Å². The molecule has 0 spiro atoms. The summed E-state index contributed by atoms with van der Waals surface area (Å²) in [6.45, 7) is 0.360. The molecule has 0 atom stereocenters. The first-order chi connectivity index (χ1) is 9.96. The van der Waals surface area contributed by atoms with E-state index < -0.39 is 5.97 Å². The summed E-state index contributed by atoms with van der Waals surface area (Å²) >= 11 is 0. The second-order valence-electron chi connectivity index (χ2n) is 4.45. The summed E-state index contributed by atoms with van der Waals surface area (Å²) < 4.78 is 10.2. The first kappa shape index (κ1) is 16.6. The number of urea groups is 1. The summed E-state index contributed by atoms with van der Waals surface area (Å²) in [6.07, 6.45) is 0.436. The van der Waals surface area contributed by atoms with Crippen LogP contribution in [0.5, 0.6) is 11.5 Å². The fraction of sp³-hybridized carbons (Fsp3) is 0.429. The second kappa shape index (κ2) is 7.98. The standard InChI is InChI=1S/C14H20N2O5/c1-16(6-4-5-13(17)18)14(19)15-10-7-11(20-2)9-12(8-10)21-3/h7-9H,4-6H2,1-3H3,(H,15,19)(H,17,18). The fourth-order valence-electron chi connectivity index (χ4n) is 1.67. The smallest absolute Gasteiger partial charge is 0.321 e. The first-order valence-corrected chi connectivity index (χ1v) is 6.43. The van der Waals surface area contributed by atoms with E-state index in [1.54, 1.807) is 25.2 Å². The van der Waals surface area contributed by atoms with Gasteiger partial charge in [0.05, 0.1) is 14.2 Å². The first-order valence-electron chi connectivity index (χ1n) is 6.43. The molecule has 0 bridgehead atoms. The summed E-state index contributed by atoms with van der Waals surface area (Å²) in [7, 11) is 4.66. The van der Waals surface area contributed by atoms with Gasteiger partial charge < -0.3 is 24.8 Å². The number of benzene rings is 1. The quantitative estimate of drug-likeness (QED) is 0.803. The molecule has 0 aromatic heterocycles. The van der Waals surface area contributed by atoms with Crippen LogP contribution in [-0.4, -0.2) is 49.8 Å². The van der Waals surface area contributed by atoms with Crippen molar-refractivity contribution in [2.75, 3.05) is 33.1 Å². The molecule has 0 radical (unpaired) electrons. The predicted molar refractivity (Wildman–Crippen MR) is 78.1 cm³/mol. The Morgan fingerprint density at radius 1 is 1.19 bits per heavy atom. The number of amides is 2. The van der Waals surface area contributed by atoms with Crippen molar-refractivity contribution in [1.29, 1.82) is 0 Å². The SMILES string of the molecule is COc1cc(NC(=O)N(C)CCCC(=O)O)cc(OC)c1. The van der Waals surface area contributed by atoms with Crippen molar-refractivity contribution in [2.24, 2.45) is 0 Å².